The van der Waals surface area contributed by atoms with Crippen LogP contribution in [0.5, 0.6) is 0 Å². The third kappa shape index (κ3) is 5.62. The molecule has 5 nitrogen and oxygen atoms in total. The van der Waals surface area contributed by atoms with Crippen LogP contribution in [-0.2, 0) is 4.74 Å². The zero-order valence-corrected chi connectivity index (χ0v) is 10.7. The SMILES string of the molecule is CCOCCCN=C(NN)Nc1ccc(F)cc1F. The summed E-state index contributed by atoms with van der Waals surface area (Å²) in [6, 6.07) is 3.21. The van der Waals surface area contributed by atoms with E-state index in [-0.39, 0.29) is 11.6 Å². The number of nitrogens with one attached hydrogen (secondary N) is 2. The molecule has 0 bridgehead atoms. The molecule has 1 aromatic rings. The van der Waals surface area contributed by atoms with Gasteiger partial charge in [0.15, 0.2) is 0 Å². The molecule has 0 spiro atoms. The van der Waals surface area contributed by atoms with Gasteiger partial charge in [-0.25, -0.2) is 14.6 Å². The molecule has 4 N–H and O–H groups in total. The smallest absolute Gasteiger partial charge is 0.210 e. The molecule has 7 heteroatoms. The topological polar surface area (TPSA) is 71.7 Å². The zero-order chi connectivity index (χ0) is 14.1. The molecule has 0 fully saturated rings. The summed E-state index contributed by atoms with van der Waals surface area (Å²) in [6.45, 7) is 3.65. The van der Waals surface area contributed by atoms with Gasteiger partial charge < -0.3 is 10.1 Å². The highest BCUT2D eigenvalue weighted by Crippen LogP contribution is 2.14. The maximum atomic E-state index is 13.4. The molecule has 0 amide bonds. The standard InChI is InChI=1S/C12H18F2N4O/c1-2-19-7-3-6-16-12(18-15)17-11-5-4-9(13)8-10(11)14/h4-5,8H,2-3,6-7,15H2,1H3,(H2,16,17,18). The molecule has 0 aliphatic carbocycles. The van der Waals surface area contributed by atoms with E-state index in [2.05, 4.69) is 15.7 Å². The molecule has 106 valence electrons. The van der Waals surface area contributed by atoms with E-state index in [1.807, 2.05) is 6.92 Å². The first-order valence-corrected chi connectivity index (χ1v) is 5.98. The molecule has 1 rings (SSSR count). The van der Waals surface area contributed by atoms with Crippen molar-refractivity contribution in [1.29, 1.82) is 0 Å². The van der Waals surface area contributed by atoms with Gasteiger partial charge in [0.2, 0.25) is 5.96 Å². The summed E-state index contributed by atoms with van der Waals surface area (Å²) in [7, 11) is 0. The Morgan fingerprint density at radius 2 is 2.21 bits per heavy atom. The van der Waals surface area contributed by atoms with Crippen molar-refractivity contribution in [3.63, 3.8) is 0 Å². The zero-order valence-electron chi connectivity index (χ0n) is 10.7. The Labute approximate surface area is 110 Å². The lowest BCUT2D eigenvalue weighted by atomic mass is 10.3. The van der Waals surface area contributed by atoms with Crippen molar-refractivity contribution in [3.05, 3.63) is 29.8 Å². The fourth-order valence-electron chi connectivity index (χ4n) is 1.34. The van der Waals surface area contributed by atoms with E-state index in [1.54, 1.807) is 0 Å². The Morgan fingerprint density at radius 1 is 1.42 bits per heavy atom. The number of hydrogen-bond acceptors (Lipinski definition) is 3. The highest BCUT2D eigenvalue weighted by Gasteiger charge is 2.05. The molecule has 0 aromatic heterocycles. The number of halogens is 2. The lowest BCUT2D eigenvalue weighted by Crippen LogP contribution is -2.36. The van der Waals surface area contributed by atoms with Crippen molar-refractivity contribution < 1.29 is 13.5 Å². The second-order valence-electron chi connectivity index (χ2n) is 3.67. The molecule has 19 heavy (non-hydrogen) atoms. The lowest BCUT2D eigenvalue weighted by molar-refractivity contribution is 0.146. The lowest BCUT2D eigenvalue weighted by Gasteiger charge is -2.10. The van der Waals surface area contributed by atoms with Gasteiger partial charge in [0, 0.05) is 25.8 Å². The predicted molar refractivity (Wildman–Crippen MR) is 70.7 cm³/mol. The van der Waals surface area contributed by atoms with Crippen LogP contribution in [0.25, 0.3) is 0 Å². The predicted octanol–water partition coefficient (Wildman–Crippen LogP) is 1.62. The van der Waals surface area contributed by atoms with Crippen molar-refractivity contribution in [2.45, 2.75) is 13.3 Å². The Bertz CT molecular complexity index is 426. The van der Waals surface area contributed by atoms with Crippen molar-refractivity contribution in [2.24, 2.45) is 10.8 Å². The molecular formula is C12H18F2N4O. The van der Waals surface area contributed by atoms with Crippen molar-refractivity contribution in [1.82, 2.24) is 5.43 Å². The number of ether oxygens (including phenoxy) is 1. The number of guanidine groups is 1. The van der Waals surface area contributed by atoms with Crippen LogP contribution in [0.4, 0.5) is 14.5 Å². The molecular weight excluding hydrogens is 254 g/mol. The number of aliphatic imine (C=N–C) groups is 1. The van der Waals surface area contributed by atoms with Gasteiger partial charge in [-0.2, -0.15) is 0 Å². The number of nitrogens with zero attached hydrogens (tertiary/aromatic N) is 1. The third-order valence-electron chi connectivity index (χ3n) is 2.24. The maximum Gasteiger partial charge on any atom is 0.210 e. The minimum atomic E-state index is -0.711. The Morgan fingerprint density at radius 3 is 2.84 bits per heavy atom. The summed E-state index contributed by atoms with van der Waals surface area (Å²) in [5.41, 5.74) is 2.42. The Hall–Kier alpha value is -1.73. The Kier molecular flexibility index (Phi) is 6.76. The number of hydrogen-bond donors (Lipinski definition) is 3. The molecule has 0 unspecified atom stereocenters. The summed E-state index contributed by atoms with van der Waals surface area (Å²) >= 11 is 0. The average Bonchev–Trinajstić information content (AvgIpc) is 2.39. The maximum absolute atomic E-state index is 13.4. The molecule has 0 radical (unpaired) electrons. The molecule has 0 aliphatic heterocycles. The van der Waals surface area contributed by atoms with Gasteiger partial charge in [-0.05, 0) is 25.5 Å². The van der Waals surface area contributed by atoms with E-state index in [0.29, 0.717) is 19.8 Å². The van der Waals surface area contributed by atoms with Crippen molar-refractivity contribution in [2.75, 3.05) is 25.1 Å². The van der Waals surface area contributed by atoms with Gasteiger partial charge in [0.1, 0.15) is 11.6 Å². The van der Waals surface area contributed by atoms with Gasteiger partial charge in [-0.15, -0.1) is 0 Å². The van der Waals surface area contributed by atoms with Gasteiger partial charge in [0.25, 0.3) is 0 Å². The number of benzene rings is 1. The molecule has 0 aliphatic rings. The summed E-state index contributed by atoms with van der Waals surface area (Å²) in [6.07, 6.45) is 0.729. The highest BCUT2D eigenvalue weighted by molar-refractivity contribution is 5.93. The van der Waals surface area contributed by atoms with E-state index in [0.717, 1.165) is 18.6 Å². The van der Waals surface area contributed by atoms with E-state index < -0.39 is 11.6 Å². The second-order valence-corrected chi connectivity index (χ2v) is 3.67. The first-order chi connectivity index (χ1) is 9.17. The highest BCUT2D eigenvalue weighted by atomic mass is 19.1. The van der Waals surface area contributed by atoms with Crippen LogP contribution in [0.3, 0.4) is 0 Å². The van der Waals surface area contributed by atoms with E-state index in [4.69, 9.17) is 10.6 Å². The van der Waals surface area contributed by atoms with Crippen LogP contribution >= 0.6 is 0 Å². The minimum Gasteiger partial charge on any atom is -0.382 e. The van der Waals surface area contributed by atoms with Crippen LogP contribution in [0.1, 0.15) is 13.3 Å². The largest absolute Gasteiger partial charge is 0.382 e. The molecule has 0 saturated carbocycles. The van der Waals surface area contributed by atoms with Crippen molar-refractivity contribution >= 4 is 11.6 Å². The van der Waals surface area contributed by atoms with Gasteiger partial charge in [-0.1, -0.05) is 0 Å². The molecule has 1 aromatic carbocycles. The number of rotatable bonds is 6. The summed E-state index contributed by atoms with van der Waals surface area (Å²) in [5.74, 6) is 4.13. The first-order valence-electron chi connectivity index (χ1n) is 5.98. The monoisotopic (exact) mass is 272 g/mol. The summed E-state index contributed by atoms with van der Waals surface area (Å²) in [5, 5.41) is 2.65. The average molecular weight is 272 g/mol. The van der Waals surface area contributed by atoms with Crippen LogP contribution in [-0.4, -0.2) is 25.7 Å². The Balaban J connectivity index is 2.53. The van der Waals surface area contributed by atoms with Gasteiger partial charge in [0.05, 0.1) is 5.69 Å². The van der Waals surface area contributed by atoms with Crippen LogP contribution in [0.2, 0.25) is 0 Å². The number of anilines is 1. The molecule has 0 saturated heterocycles. The van der Waals surface area contributed by atoms with E-state index in [1.165, 1.54) is 6.07 Å². The van der Waals surface area contributed by atoms with E-state index in [9.17, 15) is 8.78 Å². The van der Waals surface area contributed by atoms with E-state index >= 15 is 0 Å². The fraction of sp³-hybridized carbons (Fsp3) is 0.417. The normalized spacial score (nSPS) is 11.5. The van der Waals surface area contributed by atoms with Crippen molar-refractivity contribution in [3.8, 4) is 0 Å². The van der Waals surface area contributed by atoms with Crippen LogP contribution in [0.15, 0.2) is 23.2 Å². The van der Waals surface area contributed by atoms with Crippen LogP contribution < -0.4 is 16.6 Å². The summed E-state index contributed by atoms with van der Waals surface area (Å²) < 4.78 is 31.3. The quantitative estimate of drug-likeness (QED) is 0.242. The third-order valence-corrected chi connectivity index (χ3v) is 2.24. The first kappa shape index (κ1) is 15.3. The van der Waals surface area contributed by atoms with Gasteiger partial charge >= 0.3 is 0 Å². The minimum absolute atomic E-state index is 0.0999. The summed E-state index contributed by atoms with van der Waals surface area (Å²) in [4.78, 5) is 4.10. The molecule has 0 atom stereocenters. The van der Waals surface area contributed by atoms with Gasteiger partial charge in [-0.3, -0.25) is 10.4 Å². The number of nitrogens with two attached hydrogens (primary N) is 1. The number of hydrazine groups is 1. The molecule has 0 heterocycles. The van der Waals surface area contributed by atoms with Crippen LogP contribution in [0, 0.1) is 11.6 Å². The fourth-order valence-corrected chi connectivity index (χ4v) is 1.34. The second kappa shape index (κ2) is 8.39.